The molecule has 0 spiro atoms. The summed E-state index contributed by atoms with van der Waals surface area (Å²) in [6.07, 6.45) is -2.14. The quantitative estimate of drug-likeness (QED) is 0.759. The highest BCUT2D eigenvalue weighted by Gasteiger charge is 2.21. The molecule has 1 aromatic heterocycles. The molecule has 0 aliphatic heterocycles. The van der Waals surface area contributed by atoms with Gasteiger partial charge in [0, 0.05) is 6.20 Å². The summed E-state index contributed by atoms with van der Waals surface area (Å²) in [6, 6.07) is 1.51. The fourth-order valence-corrected chi connectivity index (χ4v) is 1.31. The summed E-state index contributed by atoms with van der Waals surface area (Å²) >= 11 is 10.6. The van der Waals surface area contributed by atoms with Crippen LogP contribution in [-0.4, -0.2) is 10.2 Å². The minimum Gasteiger partial charge on any atom is -0.274 e. The Balaban J connectivity index is 3.48. The number of nitriles is 1. The van der Waals surface area contributed by atoms with Crippen LogP contribution in [0.1, 0.15) is 28.0 Å². The molecular weight excluding hydrogens is 249 g/mol. The molecule has 3 nitrogen and oxygen atoms in total. The molecule has 0 aromatic carbocycles. The second-order valence-electron chi connectivity index (χ2n) is 2.44. The van der Waals surface area contributed by atoms with Crippen LogP contribution in [0.25, 0.3) is 0 Å². The predicted molar refractivity (Wildman–Crippen MR) is 49.1 cm³/mol. The molecule has 78 valence electrons. The Labute approximate surface area is 93.2 Å². The average molecular weight is 251 g/mol. The molecule has 0 saturated heterocycles. The maximum Gasteiger partial charge on any atom is 0.272 e. The van der Waals surface area contributed by atoms with Crippen LogP contribution in [0.15, 0.2) is 6.20 Å². The molecule has 0 atom stereocenters. The molecule has 1 heterocycles. The van der Waals surface area contributed by atoms with Crippen molar-refractivity contribution in [3.05, 3.63) is 28.0 Å². The fraction of sp³-hybridized carbons (Fsp3) is 0.125. The van der Waals surface area contributed by atoms with Crippen molar-refractivity contribution in [2.75, 3.05) is 0 Å². The second-order valence-corrected chi connectivity index (χ2v) is 3.16. The third kappa shape index (κ3) is 2.22. The molecular formula is C8H2Cl2F2N2O. The number of pyridine rings is 1. The third-order valence-electron chi connectivity index (χ3n) is 1.58. The molecule has 1 rings (SSSR count). The smallest absolute Gasteiger partial charge is 0.272 e. The molecule has 0 bridgehead atoms. The lowest BCUT2D eigenvalue weighted by Gasteiger charge is -2.05. The molecule has 0 amide bonds. The van der Waals surface area contributed by atoms with Crippen molar-refractivity contribution in [3.8, 4) is 6.07 Å². The van der Waals surface area contributed by atoms with Gasteiger partial charge < -0.3 is 0 Å². The monoisotopic (exact) mass is 250 g/mol. The average Bonchev–Trinajstić information content (AvgIpc) is 2.16. The van der Waals surface area contributed by atoms with E-state index in [1.54, 1.807) is 0 Å². The second kappa shape index (κ2) is 4.51. The van der Waals surface area contributed by atoms with Gasteiger partial charge in [0.15, 0.2) is 0 Å². The number of aromatic nitrogens is 1. The van der Waals surface area contributed by atoms with Gasteiger partial charge in [0.05, 0.1) is 10.6 Å². The molecule has 1 aromatic rings. The van der Waals surface area contributed by atoms with E-state index < -0.39 is 33.5 Å². The number of halogens is 4. The first-order valence-corrected chi connectivity index (χ1v) is 4.31. The first-order valence-electron chi connectivity index (χ1n) is 3.55. The highest BCUT2D eigenvalue weighted by atomic mass is 35.5. The van der Waals surface area contributed by atoms with Crippen LogP contribution in [0.5, 0.6) is 0 Å². The number of hydrogen-bond acceptors (Lipinski definition) is 3. The number of carbonyl (C=O) groups excluding carboxylic acids is 1. The summed E-state index contributed by atoms with van der Waals surface area (Å²) in [5, 5.41) is 7.11. The maximum absolute atomic E-state index is 12.3. The third-order valence-corrected chi connectivity index (χ3v) is 2.16. The zero-order chi connectivity index (χ0) is 11.6. The van der Waals surface area contributed by atoms with Gasteiger partial charge in [-0.05, 0) is 11.6 Å². The number of alkyl halides is 2. The van der Waals surface area contributed by atoms with Crippen molar-refractivity contribution in [1.29, 1.82) is 5.26 Å². The molecule has 0 unspecified atom stereocenters. The molecule has 0 aliphatic carbocycles. The summed E-state index contributed by atoms with van der Waals surface area (Å²) in [5.41, 5.74) is -1.46. The Morgan fingerprint density at radius 1 is 1.60 bits per heavy atom. The van der Waals surface area contributed by atoms with E-state index in [1.165, 1.54) is 6.07 Å². The Bertz CT molecular complexity index is 457. The van der Waals surface area contributed by atoms with E-state index >= 15 is 0 Å². The standard InChI is InChI=1S/C8H2Cl2F2N2O/c9-5-3(1-13)6(7(10)15)14-2-4(5)8(11)12/h2,8H. The van der Waals surface area contributed by atoms with Crippen LogP contribution in [0.3, 0.4) is 0 Å². The summed E-state index contributed by atoms with van der Waals surface area (Å²) in [4.78, 5) is 14.1. The summed E-state index contributed by atoms with van der Waals surface area (Å²) in [6.45, 7) is 0. The van der Waals surface area contributed by atoms with Crippen LogP contribution in [-0.2, 0) is 0 Å². The van der Waals surface area contributed by atoms with Crippen molar-refractivity contribution < 1.29 is 13.6 Å². The fourth-order valence-electron chi connectivity index (χ4n) is 0.907. The SMILES string of the molecule is N#Cc1c(C(=O)Cl)ncc(C(F)F)c1Cl. The summed E-state index contributed by atoms with van der Waals surface area (Å²) < 4.78 is 24.7. The van der Waals surface area contributed by atoms with E-state index in [1.807, 2.05) is 0 Å². The van der Waals surface area contributed by atoms with E-state index in [0.717, 1.165) is 6.20 Å². The lowest BCUT2D eigenvalue weighted by atomic mass is 10.1. The van der Waals surface area contributed by atoms with E-state index in [0.29, 0.717) is 0 Å². The van der Waals surface area contributed by atoms with E-state index in [-0.39, 0.29) is 0 Å². The van der Waals surface area contributed by atoms with Crippen molar-refractivity contribution >= 4 is 28.4 Å². The molecule has 0 aliphatic rings. The molecule has 0 fully saturated rings. The van der Waals surface area contributed by atoms with Gasteiger partial charge in [-0.25, -0.2) is 13.8 Å². The zero-order valence-corrected chi connectivity index (χ0v) is 8.48. The largest absolute Gasteiger partial charge is 0.274 e. The lowest BCUT2D eigenvalue weighted by Crippen LogP contribution is -2.02. The van der Waals surface area contributed by atoms with Gasteiger partial charge in [-0.3, -0.25) is 4.79 Å². The van der Waals surface area contributed by atoms with Crippen LogP contribution >= 0.6 is 23.2 Å². The first-order chi connectivity index (χ1) is 6.99. The molecule has 0 saturated carbocycles. The molecule has 0 N–H and O–H groups in total. The molecule has 7 heteroatoms. The summed E-state index contributed by atoms with van der Waals surface area (Å²) in [7, 11) is 0. The minimum atomic E-state index is -2.86. The van der Waals surface area contributed by atoms with Gasteiger partial charge in [0.25, 0.3) is 11.7 Å². The summed E-state index contributed by atoms with van der Waals surface area (Å²) in [5.74, 6) is 0. The van der Waals surface area contributed by atoms with Gasteiger partial charge in [-0.1, -0.05) is 11.6 Å². The van der Waals surface area contributed by atoms with Gasteiger partial charge in [0.2, 0.25) is 0 Å². The highest BCUT2D eigenvalue weighted by Crippen LogP contribution is 2.30. The number of nitrogens with zero attached hydrogens (tertiary/aromatic N) is 2. The van der Waals surface area contributed by atoms with Crippen molar-refractivity contribution in [1.82, 2.24) is 4.98 Å². The van der Waals surface area contributed by atoms with Gasteiger partial charge in [0.1, 0.15) is 17.3 Å². The molecule has 15 heavy (non-hydrogen) atoms. The Kier molecular flexibility index (Phi) is 3.56. The van der Waals surface area contributed by atoms with Crippen LogP contribution in [0, 0.1) is 11.3 Å². The van der Waals surface area contributed by atoms with Crippen LogP contribution in [0.2, 0.25) is 5.02 Å². The topological polar surface area (TPSA) is 53.8 Å². The van der Waals surface area contributed by atoms with Crippen molar-refractivity contribution in [2.45, 2.75) is 6.43 Å². The zero-order valence-electron chi connectivity index (χ0n) is 6.97. The van der Waals surface area contributed by atoms with Gasteiger partial charge in [-0.15, -0.1) is 0 Å². The number of carbonyl (C=O) groups is 1. The van der Waals surface area contributed by atoms with Crippen molar-refractivity contribution in [2.24, 2.45) is 0 Å². The normalized spacial score (nSPS) is 10.1. The van der Waals surface area contributed by atoms with Crippen LogP contribution in [0.4, 0.5) is 8.78 Å². The number of rotatable bonds is 2. The number of hydrogen-bond donors (Lipinski definition) is 0. The first kappa shape index (κ1) is 11.8. The van der Waals surface area contributed by atoms with E-state index in [9.17, 15) is 13.6 Å². The van der Waals surface area contributed by atoms with E-state index in [4.69, 9.17) is 28.5 Å². The Hall–Kier alpha value is -1.25. The Morgan fingerprint density at radius 2 is 2.20 bits per heavy atom. The highest BCUT2D eigenvalue weighted by molar-refractivity contribution is 6.67. The van der Waals surface area contributed by atoms with E-state index in [2.05, 4.69) is 4.98 Å². The minimum absolute atomic E-state index is 0.423. The predicted octanol–water partition coefficient (Wildman–Crippen LogP) is 2.92. The maximum atomic E-state index is 12.3. The Morgan fingerprint density at radius 3 is 2.60 bits per heavy atom. The van der Waals surface area contributed by atoms with Gasteiger partial charge in [-0.2, -0.15) is 5.26 Å². The van der Waals surface area contributed by atoms with Gasteiger partial charge >= 0.3 is 0 Å². The lowest BCUT2D eigenvalue weighted by molar-refractivity contribution is 0.107. The van der Waals surface area contributed by atoms with Crippen molar-refractivity contribution in [3.63, 3.8) is 0 Å². The van der Waals surface area contributed by atoms with Crippen LogP contribution < -0.4 is 0 Å². The molecule has 0 radical (unpaired) electrons.